The average Bonchev–Trinajstić information content (AvgIpc) is 2.98. The van der Waals surface area contributed by atoms with Crippen LogP contribution in [0, 0.1) is 0 Å². The summed E-state index contributed by atoms with van der Waals surface area (Å²) in [7, 11) is 0. The van der Waals surface area contributed by atoms with E-state index in [1.54, 1.807) is 18.6 Å². The maximum Gasteiger partial charge on any atom is 0.325 e. The summed E-state index contributed by atoms with van der Waals surface area (Å²) in [4.78, 5) is 21.1. The third kappa shape index (κ3) is 4.04. The first-order valence-electron chi connectivity index (χ1n) is 7.64. The van der Waals surface area contributed by atoms with E-state index in [4.69, 9.17) is 10.8 Å². The summed E-state index contributed by atoms with van der Waals surface area (Å²) >= 11 is 0. The van der Waals surface area contributed by atoms with Gasteiger partial charge in [0.05, 0.1) is 5.69 Å². The van der Waals surface area contributed by atoms with E-state index in [0.29, 0.717) is 5.92 Å². The number of hydrogen-bond acceptors (Lipinski definition) is 6. The minimum absolute atomic E-state index is 0.0980. The number of piperidine rings is 1. The Morgan fingerprint density at radius 1 is 1.39 bits per heavy atom. The lowest BCUT2D eigenvalue weighted by Crippen LogP contribution is -2.34. The van der Waals surface area contributed by atoms with E-state index in [0.717, 1.165) is 43.7 Å². The number of carboxylic acid groups (broad SMARTS) is 1. The minimum atomic E-state index is -0.881. The molecule has 3 rings (SSSR count). The summed E-state index contributed by atoms with van der Waals surface area (Å²) < 4.78 is 1.48. The highest BCUT2D eigenvalue weighted by atomic mass is 16.4. The van der Waals surface area contributed by atoms with Gasteiger partial charge in [-0.1, -0.05) is 0 Å². The van der Waals surface area contributed by atoms with Crippen molar-refractivity contribution < 1.29 is 9.90 Å². The van der Waals surface area contributed by atoms with Gasteiger partial charge in [-0.25, -0.2) is 9.97 Å². The molecule has 1 unspecified atom stereocenters. The van der Waals surface area contributed by atoms with Crippen LogP contribution in [0.5, 0.6) is 0 Å². The van der Waals surface area contributed by atoms with Crippen LogP contribution >= 0.6 is 0 Å². The van der Waals surface area contributed by atoms with Gasteiger partial charge in [0.25, 0.3) is 0 Å². The van der Waals surface area contributed by atoms with Crippen LogP contribution in [0.4, 0.5) is 5.95 Å². The Balaban J connectivity index is 1.62. The highest BCUT2D eigenvalue weighted by Crippen LogP contribution is 2.26. The van der Waals surface area contributed by atoms with Crippen LogP contribution < -0.4 is 5.73 Å². The molecule has 3 heterocycles. The lowest BCUT2D eigenvalue weighted by molar-refractivity contribution is -0.137. The fourth-order valence-corrected chi connectivity index (χ4v) is 2.97. The van der Waals surface area contributed by atoms with Gasteiger partial charge in [0.15, 0.2) is 0 Å². The van der Waals surface area contributed by atoms with E-state index < -0.39 is 5.97 Å². The molecule has 0 radical (unpaired) electrons. The zero-order valence-corrected chi connectivity index (χ0v) is 12.8. The molecule has 2 aromatic heterocycles. The van der Waals surface area contributed by atoms with Gasteiger partial charge in [0.2, 0.25) is 5.95 Å². The molecule has 1 atom stereocenters. The first-order valence-corrected chi connectivity index (χ1v) is 7.64. The van der Waals surface area contributed by atoms with Gasteiger partial charge in [-0.15, -0.1) is 0 Å². The largest absolute Gasteiger partial charge is 0.480 e. The molecule has 1 fully saturated rings. The van der Waals surface area contributed by atoms with Crippen molar-refractivity contribution in [3.8, 4) is 0 Å². The maximum atomic E-state index is 10.7. The molecule has 3 N–H and O–H groups in total. The number of likely N-dealkylation sites (tertiary alicyclic amines) is 1. The second-order valence-corrected chi connectivity index (χ2v) is 5.86. The molecular formula is C15H20N6O2. The van der Waals surface area contributed by atoms with E-state index in [2.05, 4.69) is 20.0 Å². The van der Waals surface area contributed by atoms with Crippen molar-refractivity contribution in [3.05, 3.63) is 35.9 Å². The summed E-state index contributed by atoms with van der Waals surface area (Å²) in [6.07, 6.45) is 7.41. The van der Waals surface area contributed by atoms with Crippen LogP contribution in [0.2, 0.25) is 0 Å². The van der Waals surface area contributed by atoms with Crippen molar-refractivity contribution in [2.45, 2.75) is 31.8 Å². The lowest BCUT2D eigenvalue weighted by atomic mass is 9.95. The number of anilines is 1. The van der Waals surface area contributed by atoms with E-state index in [9.17, 15) is 4.79 Å². The number of aliphatic carboxylic acids is 1. The number of rotatable bonds is 5. The molecule has 0 amide bonds. The number of nitrogens with zero attached hydrogens (tertiary/aromatic N) is 5. The number of hydrogen-bond donors (Lipinski definition) is 2. The highest BCUT2D eigenvalue weighted by molar-refractivity contribution is 5.66. The molecule has 0 saturated carbocycles. The molecule has 1 aliphatic heterocycles. The smallest absolute Gasteiger partial charge is 0.325 e. The highest BCUT2D eigenvalue weighted by Gasteiger charge is 2.23. The molecule has 0 bridgehead atoms. The Morgan fingerprint density at radius 2 is 2.17 bits per heavy atom. The zero-order chi connectivity index (χ0) is 16.2. The van der Waals surface area contributed by atoms with Gasteiger partial charge in [0, 0.05) is 43.2 Å². The molecule has 0 aliphatic carbocycles. The molecular weight excluding hydrogens is 296 g/mol. The van der Waals surface area contributed by atoms with Gasteiger partial charge < -0.3 is 10.8 Å². The first-order chi connectivity index (χ1) is 11.1. The summed E-state index contributed by atoms with van der Waals surface area (Å²) in [6.45, 7) is 2.61. The topological polar surface area (TPSA) is 110 Å². The number of aromatic nitrogens is 4. The van der Waals surface area contributed by atoms with Crippen LogP contribution in [0.1, 0.15) is 30.0 Å². The fourth-order valence-electron chi connectivity index (χ4n) is 2.97. The van der Waals surface area contributed by atoms with Crippen molar-refractivity contribution in [1.82, 2.24) is 24.6 Å². The van der Waals surface area contributed by atoms with Crippen molar-refractivity contribution >= 4 is 11.9 Å². The molecule has 8 heteroatoms. The van der Waals surface area contributed by atoms with Crippen LogP contribution in [0.15, 0.2) is 24.7 Å². The fraction of sp³-hybridized carbons (Fsp3) is 0.467. The van der Waals surface area contributed by atoms with Crippen LogP contribution in [-0.4, -0.2) is 48.8 Å². The number of nitrogens with two attached hydrogens (primary N) is 1. The second kappa shape index (κ2) is 6.74. The van der Waals surface area contributed by atoms with E-state index in [-0.39, 0.29) is 12.5 Å². The van der Waals surface area contributed by atoms with Crippen molar-refractivity contribution in [2.75, 3.05) is 18.8 Å². The monoisotopic (exact) mass is 316 g/mol. The lowest BCUT2D eigenvalue weighted by Gasteiger charge is -2.31. The predicted molar refractivity (Wildman–Crippen MR) is 83.6 cm³/mol. The first kappa shape index (κ1) is 15.4. The molecule has 23 heavy (non-hydrogen) atoms. The third-order valence-corrected chi connectivity index (χ3v) is 4.01. The summed E-state index contributed by atoms with van der Waals surface area (Å²) in [6, 6.07) is 1.92. The molecule has 1 saturated heterocycles. The van der Waals surface area contributed by atoms with Crippen LogP contribution in [-0.2, 0) is 17.9 Å². The van der Waals surface area contributed by atoms with Crippen LogP contribution in [0.3, 0.4) is 0 Å². The second-order valence-electron chi connectivity index (χ2n) is 5.86. The van der Waals surface area contributed by atoms with E-state index in [1.165, 1.54) is 4.68 Å². The summed E-state index contributed by atoms with van der Waals surface area (Å²) in [5.41, 5.74) is 7.51. The SMILES string of the molecule is Nc1ncc(CN2CCCC(c3ccn(CC(=O)O)n3)C2)cn1. The van der Waals surface area contributed by atoms with Crippen molar-refractivity contribution in [2.24, 2.45) is 0 Å². The number of nitrogen functional groups attached to an aromatic ring is 1. The Kier molecular flexibility index (Phi) is 4.52. The maximum absolute atomic E-state index is 10.7. The van der Waals surface area contributed by atoms with Gasteiger partial charge in [-0.2, -0.15) is 5.10 Å². The average molecular weight is 316 g/mol. The summed E-state index contributed by atoms with van der Waals surface area (Å²) in [5, 5.41) is 13.2. The van der Waals surface area contributed by atoms with Crippen molar-refractivity contribution in [1.29, 1.82) is 0 Å². The molecule has 2 aromatic rings. The minimum Gasteiger partial charge on any atom is -0.480 e. The Labute approximate surface area is 134 Å². The predicted octanol–water partition coefficient (Wildman–Crippen LogP) is 0.719. The molecule has 8 nitrogen and oxygen atoms in total. The third-order valence-electron chi connectivity index (χ3n) is 4.01. The van der Waals surface area contributed by atoms with E-state index >= 15 is 0 Å². The molecule has 0 spiro atoms. The molecule has 0 aromatic carbocycles. The zero-order valence-electron chi connectivity index (χ0n) is 12.8. The Bertz CT molecular complexity index is 669. The quantitative estimate of drug-likeness (QED) is 0.836. The van der Waals surface area contributed by atoms with Crippen LogP contribution in [0.25, 0.3) is 0 Å². The van der Waals surface area contributed by atoms with E-state index in [1.807, 2.05) is 6.07 Å². The van der Waals surface area contributed by atoms with Gasteiger partial charge in [-0.3, -0.25) is 14.4 Å². The standard InChI is InChI=1S/C15H20N6O2/c16-15-17-6-11(7-18-15)8-20-4-1-2-12(9-20)13-3-5-21(19-13)10-14(22)23/h3,5-7,12H,1-2,4,8-10H2,(H,22,23)(H2,16,17,18). The summed E-state index contributed by atoms with van der Waals surface area (Å²) in [5.74, 6) is -0.268. The number of carbonyl (C=O) groups is 1. The number of carboxylic acids is 1. The van der Waals surface area contributed by atoms with Gasteiger partial charge >= 0.3 is 5.97 Å². The normalized spacial score (nSPS) is 18.9. The van der Waals surface area contributed by atoms with Gasteiger partial charge in [0.1, 0.15) is 6.54 Å². The van der Waals surface area contributed by atoms with Gasteiger partial charge in [-0.05, 0) is 25.5 Å². The molecule has 122 valence electrons. The Hall–Kier alpha value is -2.48. The Morgan fingerprint density at radius 3 is 2.91 bits per heavy atom. The van der Waals surface area contributed by atoms with Crippen molar-refractivity contribution in [3.63, 3.8) is 0 Å². The molecule has 1 aliphatic rings.